The minimum atomic E-state index is -3.03. The second-order valence-electron chi connectivity index (χ2n) is 11.7. The van der Waals surface area contributed by atoms with E-state index in [1.807, 2.05) is 0 Å². The summed E-state index contributed by atoms with van der Waals surface area (Å²) in [5, 5.41) is 2.79. The van der Waals surface area contributed by atoms with Crippen LogP contribution in [0.1, 0.15) is 61.3 Å². The molecule has 0 spiro atoms. The topological polar surface area (TPSA) is 6.48 Å². The van der Waals surface area contributed by atoms with Gasteiger partial charge >= 0.3 is 229 Å². The van der Waals surface area contributed by atoms with Crippen molar-refractivity contribution in [2.45, 2.75) is 71.6 Å². The van der Waals surface area contributed by atoms with E-state index in [1.54, 1.807) is 0 Å². The van der Waals surface area contributed by atoms with Gasteiger partial charge in [0.05, 0.1) is 0 Å². The molecule has 0 fully saturated rings. The summed E-state index contributed by atoms with van der Waals surface area (Å²) in [5.41, 5.74) is -0.0837. The molecule has 2 rings (SSSR count). The van der Waals surface area contributed by atoms with E-state index < -0.39 is 24.1 Å². The number of anilines is 2. The standard InChI is InChI=1S/C16H28NP.C12H19NP.2ClH.Pd/c1-15(2,3)18(16(4,5)6)14-11-9-13(10-12-14)17(7)8;1-4-5-10-14-12-8-6-11(7-9-12)13(2)3;;;/h9-12H,1-8H3;6-9H,4-5,10H2,1-3H3;2*1H;/q;-1;;;+2/p-1. The van der Waals surface area contributed by atoms with Gasteiger partial charge in [0.2, 0.25) is 0 Å². The van der Waals surface area contributed by atoms with Gasteiger partial charge in [-0.2, -0.15) is 0 Å². The maximum absolute atomic E-state index is 8.09. The molecule has 2 aromatic rings. The molecule has 35 heavy (non-hydrogen) atoms. The average molecular weight is 652 g/mol. The summed E-state index contributed by atoms with van der Waals surface area (Å²) >= 11 is -3.03. The van der Waals surface area contributed by atoms with Crippen molar-refractivity contribution in [2.24, 2.45) is 0 Å². The van der Waals surface area contributed by atoms with Crippen LogP contribution in [0.15, 0.2) is 48.5 Å². The van der Waals surface area contributed by atoms with Crippen LogP contribution in [0.4, 0.5) is 11.4 Å². The van der Waals surface area contributed by atoms with Crippen LogP contribution >= 0.6 is 30.6 Å². The Hall–Kier alpha value is 0.142. The van der Waals surface area contributed by atoms with Crippen LogP contribution in [0, 0.1) is 0 Å². The Bertz CT molecular complexity index is 933. The molecular weight excluding hydrogens is 604 g/mol. The summed E-state index contributed by atoms with van der Waals surface area (Å²) in [4.78, 5) is 4.31. The fourth-order valence-corrected chi connectivity index (χ4v) is 65.6. The first-order valence-electron chi connectivity index (χ1n) is 12.4. The minimum absolute atomic E-state index is 0.00194. The zero-order chi connectivity index (χ0) is 26.8. The Morgan fingerprint density at radius 1 is 0.743 bits per heavy atom. The van der Waals surface area contributed by atoms with Gasteiger partial charge in [-0.3, -0.25) is 0 Å². The Kier molecular flexibility index (Phi) is 10.7. The van der Waals surface area contributed by atoms with E-state index in [9.17, 15) is 0 Å². The Morgan fingerprint density at radius 3 is 1.49 bits per heavy atom. The molecule has 2 aromatic carbocycles. The van der Waals surface area contributed by atoms with Gasteiger partial charge in [-0.05, 0) is 0 Å². The van der Waals surface area contributed by atoms with E-state index in [4.69, 9.17) is 19.1 Å². The molecule has 204 valence electrons. The van der Waals surface area contributed by atoms with Crippen molar-refractivity contribution in [2.75, 3.05) is 44.2 Å². The molecule has 0 amide bonds. The third kappa shape index (κ3) is 6.25. The summed E-state index contributed by atoms with van der Waals surface area (Å²) in [6, 6.07) is 18.3. The molecule has 0 aliphatic rings. The number of nitrogens with zero attached hydrogens (tertiary/aromatic N) is 2. The van der Waals surface area contributed by atoms with Crippen molar-refractivity contribution in [1.82, 2.24) is 0 Å². The van der Waals surface area contributed by atoms with E-state index in [0.717, 1.165) is 19.0 Å². The second-order valence-corrected chi connectivity index (χ2v) is 42.0. The van der Waals surface area contributed by atoms with Gasteiger partial charge in [-0.1, -0.05) is 0 Å². The van der Waals surface area contributed by atoms with Gasteiger partial charge in [0.15, 0.2) is 0 Å². The zero-order valence-electron chi connectivity index (χ0n) is 23.7. The van der Waals surface area contributed by atoms with Crippen LogP contribution in [-0.4, -0.2) is 44.7 Å². The van der Waals surface area contributed by atoms with Gasteiger partial charge < -0.3 is 0 Å². The van der Waals surface area contributed by atoms with Crippen LogP contribution in [-0.2, 0) is 12.5 Å². The average Bonchev–Trinajstić information content (AvgIpc) is 2.72. The van der Waals surface area contributed by atoms with Crippen molar-refractivity contribution in [3.8, 4) is 0 Å². The number of halogens is 2. The van der Waals surface area contributed by atoms with Crippen molar-refractivity contribution >= 4 is 52.6 Å². The number of hydrogen-bond acceptors (Lipinski definition) is 2. The van der Waals surface area contributed by atoms with Crippen LogP contribution in [0.25, 0.3) is 0 Å². The first-order chi connectivity index (χ1) is 16.0. The molecule has 1 atom stereocenters. The summed E-state index contributed by atoms with van der Waals surface area (Å²) in [5.74, 6) is 0. The maximum atomic E-state index is 8.09. The van der Waals surface area contributed by atoms with E-state index in [2.05, 4.69) is 135 Å². The van der Waals surface area contributed by atoms with E-state index in [-0.39, 0.29) is 10.3 Å². The first kappa shape index (κ1) is 31.4. The third-order valence-corrected chi connectivity index (χ3v) is 49.8. The second kappa shape index (κ2) is 11.9. The Balaban J connectivity index is 2.86. The molecule has 0 heterocycles. The molecule has 2 nitrogen and oxygen atoms in total. The van der Waals surface area contributed by atoms with Crippen LogP contribution < -0.4 is 20.4 Å². The molecule has 0 saturated heterocycles. The fourth-order valence-electron chi connectivity index (χ4n) is 5.29. The first-order valence-corrected chi connectivity index (χ1v) is 24.0. The number of unbranched alkanes of at least 4 members (excludes halogenated alkanes) is 1. The summed E-state index contributed by atoms with van der Waals surface area (Å²) in [6.45, 7) is 16.7. The van der Waals surface area contributed by atoms with Gasteiger partial charge in [0.1, 0.15) is 0 Å². The molecular formula is C28H48Cl2N2P2Pd. The SMILES string of the molecule is CCCC[P](c1ccc(N(C)C)cc1)[Pd]([Cl])([Cl])[PH](c1ccc(N(C)C)cc1)(C(C)(C)C)C(C)(C)C. The van der Waals surface area contributed by atoms with Gasteiger partial charge in [-0.25, -0.2) is 0 Å². The van der Waals surface area contributed by atoms with Crippen molar-refractivity contribution in [3.63, 3.8) is 0 Å². The summed E-state index contributed by atoms with van der Waals surface area (Å²) in [7, 11) is 24.5. The number of hydrogen-bond donors (Lipinski definition) is 0. The normalized spacial score (nSPS) is 15.0. The molecule has 0 N–H and O–H groups in total. The zero-order valence-corrected chi connectivity index (χ0v) is 28.6. The molecule has 0 bridgehead atoms. The van der Waals surface area contributed by atoms with Crippen molar-refractivity contribution in [3.05, 3.63) is 48.5 Å². The van der Waals surface area contributed by atoms with Crippen LogP contribution in [0.5, 0.6) is 0 Å². The van der Waals surface area contributed by atoms with Crippen molar-refractivity contribution < 1.29 is 12.5 Å². The predicted octanol–water partition coefficient (Wildman–Crippen LogP) is 8.69. The molecule has 0 aliphatic carbocycles. The van der Waals surface area contributed by atoms with E-state index >= 15 is 0 Å². The third-order valence-electron chi connectivity index (χ3n) is 6.56. The van der Waals surface area contributed by atoms with E-state index in [1.165, 1.54) is 22.0 Å². The van der Waals surface area contributed by atoms with Crippen LogP contribution in [0.2, 0.25) is 0 Å². The summed E-state index contributed by atoms with van der Waals surface area (Å²) < 4.78 is 0. The summed E-state index contributed by atoms with van der Waals surface area (Å²) in [6.07, 6.45) is 2.74. The monoisotopic (exact) mass is 650 g/mol. The molecule has 0 aromatic heterocycles. The van der Waals surface area contributed by atoms with Gasteiger partial charge in [-0.15, -0.1) is 0 Å². The number of rotatable bonds is 9. The predicted molar refractivity (Wildman–Crippen MR) is 167 cm³/mol. The number of benzene rings is 2. The Morgan fingerprint density at radius 2 is 1.14 bits per heavy atom. The van der Waals surface area contributed by atoms with Crippen LogP contribution in [0.3, 0.4) is 0 Å². The molecule has 1 unspecified atom stereocenters. The van der Waals surface area contributed by atoms with Crippen molar-refractivity contribution in [1.29, 1.82) is 0 Å². The van der Waals surface area contributed by atoms with Gasteiger partial charge in [0, 0.05) is 0 Å². The molecule has 7 heteroatoms. The molecule has 0 aliphatic heterocycles. The Labute approximate surface area is 228 Å². The quantitative estimate of drug-likeness (QED) is 0.198. The fraction of sp³-hybridized carbons (Fsp3) is 0.571. The van der Waals surface area contributed by atoms with Gasteiger partial charge in [0.25, 0.3) is 0 Å². The molecule has 0 radical (unpaired) electrons. The molecule has 0 saturated carbocycles. The van der Waals surface area contributed by atoms with E-state index in [0.29, 0.717) is 0 Å².